The molecule has 1 N–H and O–H groups in total. The van der Waals surface area contributed by atoms with Gasteiger partial charge in [-0.15, -0.1) is 0 Å². The Balaban J connectivity index is 1.44. The highest BCUT2D eigenvalue weighted by Crippen LogP contribution is 2.35. The van der Waals surface area contributed by atoms with Crippen molar-refractivity contribution in [2.75, 3.05) is 33.9 Å². The number of likely N-dealkylation sites (N-methyl/N-ethyl adjacent to an activating group) is 2. The molecule has 1 aliphatic carbocycles. The number of nitrogens with zero attached hydrogens (tertiary/aromatic N) is 1. The number of halogens is 1. The molecule has 1 aliphatic heterocycles. The van der Waals surface area contributed by atoms with Crippen LogP contribution in [0.15, 0.2) is 54.6 Å². The van der Waals surface area contributed by atoms with E-state index in [-0.39, 0.29) is 25.4 Å². The number of hydrogen-bond acceptors (Lipinski definition) is 9. The first-order valence-electron chi connectivity index (χ1n) is 17.3. The van der Waals surface area contributed by atoms with Crippen molar-refractivity contribution in [1.82, 2.24) is 10.2 Å². The van der Waals surface area contributed by atoms with Gasteiger partial charge in [0.15, 0.2) is 12.7 Å². The smallest absolute Gasteiger partial charge is 0.344 e. The molecule has 0 aromatic heterocycles. The number of esters is 3. The van der Waals surface area contributed by atoms with E-state index in [9.17, 15) is 23.6 Å². The van der Waals surface area contributed by atoms with Gasteiger partial charge in [-0.05, 0) is 81.5 Å². The van der Waals surface area contributed by atoms with Crippen LogP contribution in [0.1, 0.15) is 81.4 Å². The van der Waals surface area contributed by atoms with E-state index in [1.54, 1.807) is 0 Å². The number of hydrogen-bond donors (Lipinski definition) is 1. The zero-order valence-corrected chi connectivity index (χ0v) is 29.2. The second-order valence-electron chi connectivity index (χ2n) is 13.8. The second kappa shape index (κ2) is 18.2. The van der Waals surface area contributed by atoms with Gasteiger partial charge in [0.1, 0.15) is 24.4 Å². The highest BCUT2D eigenvalue weighted by atomic mass is 19.1. The fraction of sp³-hybridized carbons (Fsp3) is 0.579. The standard InChI is InChI=1S/C38H51FN2O8/c1-38(2,39)23-31(40-3)36(44)49-33(17-14-26-12-15-29(16-13-26)30-18-20-46-21-19-30)35(43)41(4)32(22-27-10-11-27)37(45)48-25-34(42)47-24-28-8-6-5-7-9-28/h5-9,12-13,15-16,27,30-33,40H,10-11,14,17-25H2,1-4H3/t31-,32-,33+/m0/s1. The van der Waals surface area contributed by atoms with Gasteiger partial charge in [-0.25, -0.2) is 14.0 Å². The van der Waals surface area contributed by atoms with Crippen LogP contribution in [0.4, 0.5) is 4.39 Å². The van der Waals surface area contributed by atoms with Gasteiger partial charge in [-0.1, -0.05) is 67.4 Å². The lowest BCUT2D eigenvalue weighted by Crippen LogP contribution is -2.50. The molecule has 1 heterocycles. The van der Waals surface area contributed by atoms with Crippen molar-refractivity contribution in [3.63, 3.8) is 0 Å². The third kappa shape index (κ3) is 12.5. The maximum Gasteiger partial charge on any atom is 0.344 e. The zero-order valence-electron chi connectivity index (χ0n) is 29.2. The van der Waals surface area contributed by atoms with Crippen LogP contribution in [0.3, 0.4) is 0 Å². The summed E-state index contributed by atoms with van der Waals surface area (Å²) in [4.78, 5) is 54.3. The van der Waals surface area contributed by atoms with E-state index in [2.05, 4.69) is 17.4 Å². The van der Waals surface area contributed by atoms with Crippen LogP contribution >= 0.6 is 0 Å². The molecule has 2 fully saturated rings. The fourth-order valence-corrected chi connectivity index (χ4v) is 6.00. The first-order valence-corrected chi connectivity index (χ1v) is 17.3. The van der Waals surface area contributed by atoms with Gasteiger partial charge >= 0.3 is 17.9 Å². The first-order chi connectivity index (χ1) is 23.4. The van der Waals surface area contributed by atoms with Crippen LogP contribution in [-0.2, 0) is 51.2 Å². The minimum Gasteiger partial charge on any atom is -0.458 e. The van der Waals surface area contributed by atoms with Gasteiger partial charge in [-0.3, -0.25) is 9.59 Å². The summed E-state index contributed by atoms with van der Waals surface area (Å²) in [7, 11) is 3.02. The molecule has 0 spiro atoms. The normalized spacial score (nSPS) is 17.0. The Hall–Kier alpha value is -3.83. The third-order valence-corrected chi connectivity index (χ3v) is 9.14. The Morgan fingerprint density at radius 3 is 2.22 bits per heavy atom. The van der Waals surface area contributed by atoms with Crippen molar-refractivity contribution >= 4 is 23.8 Å². The lowest BCUT2D eigenvalue weighted by Gasteiger charge is -2.31. The van der Waals surface area contributed by atoms with Crippen LogP contribution in [0, 0.1) is 5.92 Å². The van der Waals surface area contributed by atoms with Crippen LogP contribution in [0.5, 0.6) is 0 Å². The van der Waals surface area contributed by atoms with Crippen molar-refractivity contribution < 1.29 is 42.5 Å². The van der Waals surface area contributed by atoms with E-state index < -0.39 is 54.3 Å². The van der Waals surface area contributed by atoms with Gasteiger partial charge in [0.2, 0.25) is 0 Å². The topological polar surface area (TPSA) is 120 Å². The number of carbonyl (C=O) groups excluding carboxylic acids is 4. The van der Waals surface area contributed by atoms with Crippen molar-refractivity contribution in [1.29, 1.82) is 0 Å². The van der Waals surface area contributed by atoms with Crippen molar-refractivity contribution in [3.05, 3.63) is 71.3 Å². The number of aryl methyl sites for hydroxylation is 1. The largest absolute Gasteiger partial charge is 0.458 e. The summed E-state index contributed by atoms with van der Waals surface area (Å²) in [5.41, 5.74) is 1.34. The number of nitrogens with one attached hydrogen (secondary N) is 1. The molecule has 49 heavy (non-hydrogen) atoms. The molecule has 2 aliphatic rings. The lowest BCUT2D eigenvalue weighted by molar-refractivity contribution is -0.169. The molecule has 0 unspecified atom stereocenters. The molecule has 10 nitrogen and oxygen atoms in total. The maximum absolute atomic E-state index is 14.5. The molecule has 1 saturated heterocycles. The average molecular weight is 683 g/mol. The van der Waals surface area contributed by atoms with Crippen LogP contribution in [0.2, 0.25) is 0 Å². The molecule has 0 bridgehead atoms. The Labute approximate surface area is 289 Å². The number of rotatable bonds is 18. The lowest BCUT2D eigenvalue weighted by atomic mass is 9.90. The summed E-state index contributed by atoms with van der Waals surface area (Å²) < 4.78 is 36.4. The molecule has 11 heteroatoms. The number of benzene rings is 2. The average Bonchev–Trinajstić information content (AvgIpc) is 3.93. The highest BCUT2D eigenvalue weighted by Gasteiger charge is 2.39. The predicted molar refractivity (Wildman–Crippen MR) is 181 cm³/mol. The Kier molecular flexibility index (Phi) is 14.1. The Morgan fingerprint density at radius 1 is 0.939 bits per heavy atom. The zero-order chi connectivity index (χ0) is 35.4. The number of alkyl halides is 1. The molecular weight excluding hydrogens is 631 g/mol. The second-order valence-corrected chi connectivity index (χ2v) is 13.8. The summed E-state index contributed by atoms with van der Waals surface area (Å²) in [6.07, 6.45) is 3.31. The number of ether oxygens (including phenoxy) is 4. The molecule has 2 aromatic rings. The Morgan fingerprint density at radius 2 is 1.61 bits per heavy atom. The summed E-state index contributed by atoms with van der Waals surface area (Å²) in [6.45, 7) is 3.68. The van der Waals surface area contributed by atoms with Crippen LogP contribution < -0.4 is 5.32 Å². The van der Waals surface area contributed by atoms with Crippen LogP contribution in [0.25, 0.3) is 0 Å². The summed E-state index contributed by atoms with van der Waals surface area (Å²) in [6, 6.07) is 15.4. The summed E-state index contributed by atoms with van der Waals surface area (Å²) >= 11 is 0. The molecule has 0 radical (unpaired) electrons. The van der Waals surface area contributed by atoms with Gasteiger partial charge in [0.05, 0.1) is 0 Å². The molecule has 4 rings (SSSR count). The SMILES string of the molecule is CN[C@@H](CC(C)(C)F)C(=O)O[C@H](CCc1ccc(C2CCOCC2)cc1)C(=O)N(C)[C@@H](CC1CC1)C(=O)OCC(=O)OCc1ccccc1. The number of carbonyl (C=O) groups is 4. The summed E-state index contributed by atoms with van der Waals surface area (Å²) in [5.74, 6) is -2.10. The molecular formula is C38H51FN2O8. The Bertz CT molecular complexity index is 1370. The minimum absolute atomic E-state index is 0.0413. The molecule has 268 valence electrons. The fourth-order valence-electron chi connectivity index (χ4n) is 6.00. The predicted octanol–water partition coefficient (Wildman–Crippen LogP) is 5.06. The van der Waals surface area contributed by atoms with E-state index in [0.717, 1.165) is 50.0 Å². The summed E-state index contributed by atoms with van der Waals surface area (Å²) in [5, 5.41) is 2.80. The van der Waals surface area contributed by atoms with E-state index in [4.69, 9.17) is 18.9 Å². The minimum atomic E-state index is -1.66. The van der Waals surface area contributed by atoms with Crippen LogP contribution in [-0.4, -0.2) is 86.5 Å². The molecule has 2 aromatic carbocycles. The molecule has 1 amide bonds. The van der Waals surface area contributed by atoms with Gasteiger partial charge in [-0.2, -0.15) is 0 Å². The van der Waals surface area contributed by atoms with Gasteiger partial charge in [0.25, 0.3) is 5.91 Å². The van der Waals surface area contributed by atoms with Crippen molar-refractivity contribution in [2.24, 2.45) is 5.92 Å². The van der Waals surface area contributed by atoms with E-state index in [0.29, 0.717) is 18.8 Å². The van der Waals surface area contributed by atoms with Gasteiger partial charge in [0, 0.05) is 26.7 Å². The maximum atomic E-state index is 14.5. The quantitative estimate of drug-likeness (QED) is 0.170. The van der Waals surface area contributed by atoms with E-state index in [1.807, 2.05) is 42.5 Å². The van der Waals surface area contributed by atoms with Crippen molar-refractivity contribution in [3.8, 4) is 0 Å². The first kappa shape index (κ1) is 38.0. The molecule has 3 atom stereocenters. The highest BCUT2D eigenvalue weighted by molar-refractivity contribution is 5.89. The van der Waals surface area contributed by atoms with Gasteiger partial charge < -0.3 is 29.2 Å². The molecule has 1 saturated carbocycles. The van der Waals surface area contributed by atoms with Crippen molar-refractivity contribution in [2.45, 2.75) is 102 Å². The van der Waals surface area contributed by atoms with E-state index >= 15 is 0 Å². The number of amides is 1. The monoisotopic (exact) mass is 682 g/mol. The third-order valence-electron chi connectivity index (χ3n) is 9.14. The van der Waals surface area contributed by atoms with E-state index in [1.165, 1.54) is 38.4 Å².